The van der Waals surface area contributed by atoms with Gasteiger partial charge in [-0.15, -0.1) is 0 Å². The van der Waals surface area contributed by atoms with Crippen LogP contribution in [0.2, 0.25) is 0 Å². The lowest BCUT2D eigenvalue weighted by Crippen LogP contribution is -2.26. The molecule has 1 saturated carbocycles. The van der Waals surface area contributed by atoms with Gasteiger partial charge in [-0.05, 0) is 67.0 Å². The number of nitrogens with zero attached hydrogens (tertiary/aromatic N) is 1. The Morgan fingerprint density at radius 2 is 1.81 bits per heavy atom. The van der Waals surface area contributed by atoms with Gasteiger partial charge in [0, 0.05) is 22.9 Å². The van der Waals surface area contributed by atoms with Crippen LogP contribution in [0, 0.1) is 23.7 Å². The number of rotatable bonds is 3. The molecule has 1 unspecified atom stereocenters. The van der Waals surface area contributed by atoms with Gasteiger partial charge in [-0.3, -0.25) is 0 Å². The van der Waals surface area contributed by atoms with Gasteiger partial charge in [0.15, 0.2) is 5.58 Å². The van der Waals surface area contributed by atoms with E-state index in [0.29, 0.717) is 17.7 Å². The molecule has 3 nitrogen and oxygen atoms in total. The molecule has 1 heterocycles. The highest BCUT2D eigenvalue weighted by atomic mass is 16.3. The van der Waals surface area contributed by atoms with Crippen molar-refractivity contribution in [2.24, 2.45) is 23.7 Å². The van der Waals surface area contributed by atoms with Crippen LogP contribution in [-0.2, 0) is 0 Å². The highest BCUT2D eigenvalue weighted by molar-refractivity contribution is 5.76. The number of allylic oxidation sites excluding steroid dienone is 2. The van der Waals surface area contributed by atoms with Crippen LogP contribution in [0.3, 0.4) is 0 Å². The molecule has 0 amide bonds. The number of benzene rings is 2. The third kappa shape index (κ3) is 3.05. The van der Waals surface area contributed by atoms with E-state index >= 15 is 0 Å². The Kier molecular flexibility index (Phi) is 4.04. The van der Waals surface area contributed by atoms with Crippen molar-refractivity contribution in [2.75, 3.05) is 5.32 Å². The van der Waals surface area contributed by atoms with Crippen LogP contribution in [0.15, 0.2) is 64.7 Å². The second-order valence-corrected chi connectivity index (χ2v) is 8.36. The molecule has 27 heavy (non-hydrogen) atoms. The summed E-state index contributed by atoms with van der Waals surface area (Å²) in [4.78, 5) is 4.59. The summed E-state index contributed by atoms with van der Waals surface area (Å²) >= 11 is 0. The van der Waals surface area contributed by atoms with Crippen molar-refractivity contribution in [2.45, 2.75) is 33.1 Å². The van der Waals surface area contributed by atoms with Gasteiger partial charge < -0.3 is 9.73 Å². The summed E-state index contributed by atoms with van der Waals surface area (Å²) in [5.41, 5.74) is 5.31. The molecule has 138 valence electrons. The van der Waals surface area contributed by atoms with E-state index in [4.69, 9.17) is 4.42 Å². The molecule has 0 bridgehead atoms. The summed E-state index contributed by atoms with van der Waals surface area (Å²) < 4.78 is 5.88. The van der Waals surface area contributed by atoms with Gasteiger partial charge in [-0.2, -0.15) is 0 Å². The van der Waals surface area contributed by atoms with Crippen LogP contribution in [0.25, 0.3) is 22.6 Å². The Bertz CT molecular complexity index is 952. The first-order chi connectivity index (χ1) is 13.2. The molecule has 2 aliphatic rings. The summed E-state index contributed by atoms with van der Waals surface area (Å²) in [6.07, 6.45) is 6.52. The quantitative estimate of drug-likeness (QED) is 0.581. The van der Waals surface area contributed by atoms with Crippen LogP contribution < -0.4 is 5.32 Å². The Balaban J connectivity index is 1.35. The van der Waals surface area contributed by atoms with Gasteiger partial charge in [-0.1, -0.05) is 38.5 Å². The molecule has 5 rings (SSSR count). The number of anilines is 1. The lowest BCUT2D eigenvalue weighted by Gasteiger charge is -2.34. The average Bonchev–Trinajstić information content (AvgIpc) is 3.24. The monoisotopic (exact) mass is 358 g/mol. The SMILES string of the molecule is CC1C=C(Nc2ccc(-c3nc4ccccc4o3)cc2)[C@@H]2C[C@H](C)CC[C@@H]12. The summed E-state index contributed by atoms with van der Waals surface area (Å²) in [5, 5.41) is 3.71. The number of hydrogen-bond donors (Lipinski definition) is 1. The van der Waals surface area contributed by atoms with E-state index in [-0.39, 0.29) is 0 Å². The minimum atomic E-state index is 0.678. The predicted octanol–water partition coefficient (Wildman–Crippen LogP) is 6.49. The minimum absolute atomic E-state index is 0.678. The van der Waals surface area contributed by atoms with Crippen LogP contribution in [-0.4, -0.2) is 4.98 Å². The summed E-state index contributed by atoms with van der Waals surface area (Å²) in [5.74, 6) is 3.72. The summed E-state index contributed by atoms with van der Waals surface area (Å²) in [6, 6.07) is 16.3. The highest BCUT2D eigenvalue weighted by Gasteiger charge is 2.38. The zero-order valence-corrected chi connectivity index (χ0v) is 16.0. The zero-order valence-electron chi connectivity index (χ0n) is 16.0. The Hall–Kier alpha value is -2.55. The number of fused-ring (bicyclic) bond motifs is 2. The van der Waals surface area contributed by atoms with Gasteiger partial charge in [0.1, 0.15) is 5.52 Å². The molecule has 0 saturated heterocycles. The normalized spacial score (nSPS) is 27.4. The molecule has 2 aliphatic carbocycles. The summed E-state index contributed by atoms with van der Waals surface area (Å²) in [7, 11) is 0. The average molecular weight is 358 g/mol. The first-order valence-corrected chi connectivity index (χ1v) is 10.1. The second-order valence-electron chi connectivity index (χ2n) is 8.36. The number of oxazole rings is 1. The third-order valence-corrected chi connectivity index (χ3v) is 6.40. The van der Waals surface area contributed by atoms with E-state index in [1.165, 1.54) is 25.0 Å². The van der Waals surface area contributed by atoms with E-state index in [9.17, 15) is 0 Å². The Morgan fingerprint density at radius 1 is 1.00 bits per heavy atom. The molecule has 0 spiro atoms. The smallest absolute Gasteiger partial charge is 0.227 e. The van der Waals surface area contributed by atoms with Gasteiger partial charge in [0.25, 0.3) is 0 Å². The van der Waals surface area contributed by atoms with Gasteiger partial charge >= 0.3 is 0 Å². The molecule has 1 N–H and O–H groups in total. The molecular formula is C24H26N2O. The minimum Gasteiger partial charge on any atom is -0.436 e. The number of nitrogens with one attached hydrogen (secondary N) is 1. The Labute approximate surface area is 160 Å². The van der Waals surface area contributed by atoms with Crippen molar-refractivity contribution < 1.29 is 4.42 Å². The topological polar surface area (TPSA) is 38.1 Å². The van der Waals surface area contributed by atoms with Crippen LogP contribution in [0.1, 0.15) is 33.1 Å². The van der Waals surface area contributed by atoms with E-state index in [0.717, 1.165) is 34.2 Å². The van der Waals surface area contributed by atoms with E-state index in [2.05, 4.69) is 54.5 Å². The van der Waals surface area contributed by atoms with Gasteiger partial charge in [0.2, 0.25) is 5.89 Å². The third-order valence-electron chi connectivity index (χ3n) is 6.40. The maximum atomic E-state index is 5.88. The maximum absolute atomic E-state index is 5.88. The largest absolute Gasteiger partial charge is 0.436 e. The van der Waals surface area contributed by atoms with Crippen molar-refractivity contribution in [3.05, 3.63) is 60.3 Å². The van der Waals surface area contributed by atoms with Crippen LogP contribution >= 0.6 is 0 Å². The predicted molar refractivity (Wildman–Crippen MR) is 110 cm³/mol. The van der Waals surface area contributed by atoms with E-state index < -0.39 is 0 Å². The first-order valence-electron chi connectivity index (χ1n) is 10.1. The maximum Gasteiger partial charge on any atom is 0.227 e. The van der Waals surface area contributed by atoms with Crippen LogP contribution in [0.5, 0.6) is 0 Å². The lowest BCUT2D eigenvalue weighted by atomic mass is 9.73. The molecule has 0 radical (unpaired) electrons. The zero-order chi connectivity index (χ0) is 18.4. The highest BCUT2D eigenvalue weighted by Crippen LogP contribution is 2.47. The second kappa shape index (κ2) is 6.56. The summed E-state index contributed by atoms with van der Waals surface area (Å²) in [6.45, 7) is 4.77. The Morgan fingerprint density at radius 3 is 2.63 bits per heavy atom. The van der Waals surface area contributed by atoms with Crippen molar-refractivity contribution >= 4 is 16.8 Å². The molecule has 3 heteroatoms. The number of aromatic nitrogens is 1. The van der Waals surface area contributed by atoms with Crippen LogP contribution in [0.4, 0.5) is 5.69 Å². The van der Waals surface area contributed by atoms with Gasteiger partial charge in [0.05, 0.1) is 0 Å². The van der Waals surface area contributed by atoms with E-state index in [1.54, 1.807) is 0 Å². The number of para-hydroxylation sites is 2. The standard InChI is InChI=1S/C24H26N2O/c1-15-7-12-19-16(2)14-22(20(19)13-15)25-18-10-8-17(9-11-18)24-26-21-5-3-4-6-23(21)27-24/h3-6,8-11,14-16,19-20,25H,7,12-13H2,1-2H3/t15-,16?,19+,20-/m1/s1. The molecule has 2 aromatic carbocycles. The van der Waals surface area contributed by atoms with Crippen molar-refractivity contribution in [3.63, 3.8) is 0 Å². The lowest BCUT2D eigenvalue weighted by molar-refractivity contribution is 0.203. The molecule has 3 aromatic rings. The van der Waals surface area contributed by atoms with Crippen molar-refractivity contribution in [3.8, 4) is 11.5 Å². The molecule has 1 fully saturated rings. The first kappa shape index (κ1) is 16.6. The molecule has 1 aromatic heterocycles. The fourth-order valence-corrected chi connectivity index (χ4v) is 4.91. The fourth-order valence-electron chi connectivity index (χ4n) is 4.91. The van der Waals surface area contributed by atoms with E-state index in [1.807, 2.05) is 24.3 Å². The van der Waals surface area contributed by atoms with Crippen molar-refractivity contribution in [1.82, 2.24) is 4.98 Å². The number of hydrogen-bond acceptors (Lipinski definition) is 3. The fraction of sp³-hybridized carbons (Fsp3) is 0.375. The van der Waals surface area contributed by atoms with Crippen molar-refractivity contribution in [1.29, 1.82) is 0 Å². The van der Waals surface area contributed by atoms with Gasteiger partial charge in [-0.25, -0.2) is 4.98 Å². The molecule has 4 atom stereocenters. The molecule has 0 aliphatic heterocycles. The molecular weight excluding hydrogens is 332 g/mol.